The van der Waals surface area contributed by atoms with Crippen LogP contribution in [0.1, 0.15) is 66.7 Å². The van der Waals surface area contributed by atoms with Gasteiger partial charge < -0.3 is 24.1 Å². The number of hydrogen-bond acceptors (Lipinski definition) is 10. The lowest BCUT2D eigenvalue weighted by atomic mass is 9.95. The Morgan fingerprint density at radius 2 is 1.84 bits per heavy atom. The molecule has 1 atom stereocenters. The van der Waals surface area contributed by atoms with Crippen LogP contribution in [0.2, 0.25) is 0 Å². The van der Waals surface area contributed by atoms with Crippen LogP contribution >= 0.6 is 11.3 Å². The highest BCUT2D eigenvalue weighted by Crippen LogP contribution is 2.45. The minimum absolute atomic E-state index is 0.117. The Morgan fingerprint density at radius 3 is 2.51 bits per heavy atom. The molecule has 1 fully saturated rings. The van der Waals surface area contributed by atoms with Crippen molar-refractivity contribution in [3.8, 4) is 17.2 Å². The summed E-state index contributed by atoms with van der Waals surface area (Å²) in [6.07, 6.45) is 0.845. The van der Waals surface area contributed by atoms with Crippen LogP contribution in [0.3, 0.4) is 0 Å². The molecular weight excluding hydrogens is 572 g/mol. The van der Waals surface area contributed by atoms with Crippen LogP contribution in [-0.4, -0.2) is 54.7 Å². The maximum atomic E-state index is 13.6. The second-order valence-electron chi connectivity index (χ2n) is 10.2. The second kappa shape index (κ2) is 13.7. The summed E-state index contributed by atoms with van der Waals surface area (Å²) < 4.78 is 22.3. The number of carbonyl (C=O) groups is 3. The van der Waals surface area contributed by atoms with Gasteiger partial charge in [-0.05, 0) is 62.9 Å². The number of hydrogen-bond donors (Lipinski definition) is 1. The van der Waals surface area contributed by atoms with Gasteiger partial charge >= 0.3 is 11.9 Å². The van der Waals surface area contributed by atoms with Crippen molar-refractivity contribution in [3.63, 3.8) is 0 Å². The number of anilines is 1. The first kappa shape index (κ1) is 31.6. The van der Waals surface area contributed by atoms with Gasteiger partial charge in [0.1, 0.15) is 16.4 Å². The summed E-state index contributed by atoms with van der Waals surface area (Å²) in [5.74, 6) is -0.893. The molecule has 1 amide bonds. The van der Waals surface area contributed by atoms with E-state index in [2.05, 4.69) is 18.8 Å². The maximum Gasteiger partial charge on any atom is 0.350 e. The van der Waals surface area contributed by atoms with E-state index in [-0.39, 0.29) is 27.9 Å². The molecule has 4 rings (SSSR count). The van der Waals surface area contributed by atoms with E-state index in [0.717, 1.165) is 17.8 Å². The third kappa shape index (κ3) is 6.67. The van der Waals surface area contributed by atoms with E-state index in [1.54, 1.807) is 56.3 Å². The molecular formula is C32H36N2O8S. The topological polar surface area (TPSA) is 124 Å². The normalized spacial score (nSPS) is 16.1. The largest absolute Gasteiger partial charge is 0.507 e. The molecule has 0 saturated carbocycles. The summed E-state index contributed by atoms with van der Waals surface area (Å²) in [6, 6.07) is 10.7. The smallest absolute Gasteiger partial charge is 0.350 e. The molecule has 1 aliphatic heterocycles. The molecule has 0 radical (unpaired) electrons. The van der Waals surface area contributed by atoms with E-state index < -0.39 is 23.7 Å². The standard InChI is InChI=1S/C32H36N2O8S/c1-7-40-22-11-9-10-21(16-22)27(35)25-26(20-12-13-23(24(17-20)39-6)42-15-14-18(3)4)34(30(37)28(25)36)32-33-19(5)29(43-32)31(38)41-8-2/h9-13,16-18,26,35H,7-8,14-15H2,1-6H3/b27-25+. The van der Waals surface area contributed by atoms with Gasteiger partial charge in [-0.15, -0.1) is 0 Å². The van der Waals surface area contributed by atoms with Crippen LogP contribution in [-0.2, 0) is 14.3 Å². The Balaban J connectivity index is 1.88. The number of aromatic nitrogens is 1. The minimum atomic E-state index is -1.09. The van der Waals surface area contributed by atoms with E-state index >= 15 is 0 Å². The molecule has 0 aliphatic carbocycles. The van der Waals surface area contributed by atoms with Gasteiger partial charge in [0, 0.05) is 5.56 Å². The van der Waals surface area contributed by atoms with Crippen LogP contribution in [0, 0.1) is 12.8 Å². The number of aryl methyl sites for hydroxylation is 1. The first-order chi connectivity index (χ1) is 20.6. The monoisotopic (exact) mass is 608 g/mol. The van der Waals surface area contributed by atoms with E-state index in [1.807, 2.05) is 6.92 Å². The van der Waals surface area contributed by atoms with Crippen LogP contribution in [0.15, 0.2) is 48.0 Å². The van der Waals surface area contributed by atoms with Crippen molar-refractivity contribution < 1.29 is 38.4 Å². The number of ketones is 1. The van der Waals surface area contributed by atoms with E-state index in [9.17, 15) is 19.5 Å². The summed E-state index contributed by atoms with van der Waals surface area (Å²) in [5.41, 5.74) is 0.993. The summed E-state index contributed by atoms with van der Waals surface area (Å²) in [6.45, 7) is 10.4. The number of aliphatic hydroxyl groups is 1. The number of ether oxygens (including phenoxy) is 4. The number of thiazole rings is 1. The first-order valence-electron chi connectivity index (χ1n) is 14.1. The average molecular weight is 609 g/mol. The number of methoxy groups -OCH3 is 1. The Hall–Kier alpha value is -4.38. The molecule has 2 aromatic carbocycles. The lowest BCUT2D eigenvalue weighted by Gasteiger charge is -2.24. The molecule has 1 N–H and O–H groups in total. The number of aliphatic hydroxyl groups excluding tert-OH is 1. The molecule has 43 heavy (non-hydrogen) atoms. The Labute approximate surface area is 254 Å². The van der Waals surface area contributed by atoms with E-state index in [4.69, 9.17) is 18.9 Å². The van der Waals surface area contributed by atoms with Crippen LogP contribution < -0.4 is 19.1 Å². The highest BCUT2D eigenvalue weighted by molar-refractivity contribution is 7.17. The molecule has 0 bridgehead atoms. The Morgan fingerprint density at radius 1 is 1.07 bits per heavy atom. The van der Waals surface area contributed by atoms with Crippen LogP contribution in [0.4, 0.5) is 5.13 Å². The third-order valence-electron chi connectivity index (χ3n) is 6.77. The van der Waals surface area contributed by atoms with Gasteiger partial charge in [0.15, 0.2) is 16.6 Å². The van der Waals surface area contributed by atoms with Crippen LogP contribution in [0.5, 0.6) is 17.2 Å². The first-order valence-corrected chi connectivity index (χ1v) is 14.9. The van der Waals surface area contributed by atoms with Crippen molar-refractivity contribution in [2.75, 3.05) is 31.8 Å². The quantitative estimate of drug-likeness (QED) is 0.113. The molecule has 2 heterocycles. The average Bonchev–Trinajstić information content (AvgIpc) is 3.49. The molecule has 11 heteroatoms. The molecule has 1 aliphatic rings. The molecule has 10 nitrogen and oxygen atoms in total. The number of rotatable bonds is 12. The van der Waals surface area contributed by atoms with Gasteiger partial charge in [-0.2, -0.15) is 0 Å². The Bertz CT molecular complexity index is 1540. The van der Waals surface area contributed by atoms with Gasteiger partial charge in [-0.3, -0.25) is 14.5 Å². The zero-order valence-electron chi connectivity index (χ0n) is 25.1. The number of Topliss-reactive ketones (excluding diaryl/α,β-unsaturated/α-hetero) is 1. The predicted molar refractivity (Wildman–Crippen MR) is 163 cm³/mol. The minimum Gasteiger partial charge on any atom is -0.507 e. The van der Waals surface area contributed by atoms with Gasteiger partial charge in [-0.1, -0.05) is 43.4 Å². The van der Waals surface area contributed by atoms with Crippen molar-refractivity contribution in [2.24, 2.45) is 5.92 Å². The lowest BCUT2D eigenvalue weighted by Crippen LogP contribution is -2.29. The van der Waals surface area contributed by atoms with Gasteiger partial charge in [0.25, 0.3) is 5.78 Å². The fourth-order valence-electron chi connectivity index (χ4n) is 4.65. The van der Waals surface area contributed by atoms with Crippen molar-refractivity contribution >= 4 is 39.9 Å². The van der Waals surface area contributed by atoms with Crippen molar-refractivity contribution in [1.29, 1.82) is 0 Å². The molecule has 1 aromatic heterocycles. The predicted octanol–water partition coefficient (Wildman–Crippen LogP) is 6.09. The maximum absolute atomic E-state index is 13.6. The third-order valence-corrected chi connectivity index (χ3v) is 7.91. The molecule has 1 unspecified atom stereocenters. The molecule has 3 aromatic rings. The number of nitrogens with zero attached hydrogens (tertiary/aromatic N) is 2. The number of carbonyl (C=O) groups excluding carboxylic acids is 3. The van der Waals surface area contributed by atoms with E-state index in [1.165, 1.54) is 12.0 Å². The zero-order valence-corrected chi connectivity index (χ0v) is 25.9. The molecule has 1 saturated heterocycles. The molecule has 0 spiro atoms. The summed E-state index contributed by atoms with van der Waals surface area (Å²) in [4.78, 5) is 45.7. The SMILES string of the molecule is CCOC(=O)c1sc(N2C(=O)C(=O)/C(=C(/O)c3cccc(OCC)c3)C2c2ccc(OCCC(C)C)c(OC)c2)nc1C. The number of esters is 1. The summed E-state index contributed by atoms with van der Waals surface area (Å²) in [7, 11) is 1.50. The van der Waals surface area contributed by atoms with Gasteiger partial charge in [0.2, 0.25) is 0 Å². The van der Waals surface area contributed by atoms with Crippen molar-refractivity contribution in [1.82, 2.24) is 4.98 Å². The van der Waals surface area contributed by atoms with Gasteiger partial charge in [0.05, 0.1) is 44.2 Å². The fourth-order valence-corrected chi connectivity index (χ4v) is 5.64. The molecule has 228 valence electrons. The van der Waals surface area contributed by atoms with Crippen LogP contribution in [0.25, 0.3) is 5.76 Å². The highest BCUT2D eigenvalue weighted by Gasteiger charge is 2.48. The van der Waals surface area contributed by atoms with Crippen molar-refractivity contribution in [3.05, 3.63) is 69.7 Å². The fraction of sp³-hybridized carbons (Fsp3) is 0.375. The summed E-state index contributed by atoms with van der Waals surface area (Å²) in [5, 5.41) is 11.7. The van der Waals surface area contributed by atoms with Crippen molar-refractivity contribution in [2.45, 2.75) is 47.1 Å². The Kier molecular flexibility index (Phi) is 10.1. The zero-order chi connectivity index (χ0) is 31.3. The number of benzene rings is 2. The highest BCUT2D eigenvalue weighted by atomic mass is 32.1. The van der Waals surface area contributed by atoms with E-state index in [0.29, 0.717) is 53.2 Å². The number of amides is 1. The van der Waals surface area contributed by atoms with Gasteiger partial charge in [-0.25, -0.2) is 9.78 Å². The second-order valence-corrected chi connectivity index (χ2v) is 11.2. The summed E-state index contributed by atoms with van der Waals surface area (Å²) >= 11 is 0.942. The lowest BCUT2D eigenvalue weighted by molar-refractivity contribution is -0.132.